The van der Waals surface area contributed by atoms with Gasteiger partial charge in [0.1, 0.15) is 16.5 Å². The highest BCUT2D eigenvalue weighted by molar-refractivity contribution is 7.09. The van der Waals surface area contributed by atoms with Crippen LogP contribution < -0.4 is 5.32 Å². The fourth-order valence-electron chi connectivity index (χ4n) is 2.17. The summed E-state index contributed by atoms with van der Waals surface area (Å²) in [6.07, 6.45) is 0. The van der Waals surface area contributed by atoms with E-state index in [0.717, 1.165) is 23.1 Å². The second-order valence-corrected chi connectivity index (χ2v) is 7.29. The molecule has 1 unspecified atom stereocenters. The Bertz CT molecular complexity index is 578. The monoisotopic (exact) mass is 292 g/mol. The number of thiazole rings is 1. The minimum atomic E-state index is 0.124. The molecule has 0 aliphatic carbocycles. The quantitative estimate of drug-likeness (QED) is 0.901. The molecule has 0 aliphatic rings. The topological polar surface area (TPSA) is 38.1 Å². The average Bonchev–Trinajstić information content (AvgIpc) is 2.92. The van der Waals surface area contributed by atoms with Crippen molar-refractivity contribution in [2.75, 3.05) is 0 Å². The number of hydrogen-bond acceptors (Lipinski definition) is 4. The first-order valence-corrected chi connectivity index (χ1v) is 7.90. The number of aromatic nitrogens is 1. The first-order valence-electron chi connectivity index (χ1n) is 7.02. The Hall–Kier alpha value is -1.13. The van der Waals surface area contributed by atoms with Crippen LogP contribution in [0.25, 0.3) is 0 Å². The molecule has 0 bridgehead atoms. The molecule has 20 heavy (non-hydrogen) atoms. The Morgan fingerprint density at radius 2 is 2.05 bits per heavy atom. The molecule has 2 aromatic heterocycles. The normalized spacial score (nSPS) is 13.7. The van der Waals surface area contributed by atoms with Crippen LogP contribution in [0, 0.1) is 13.8 Å². The molecular formula is C16H24N2OS. The molecule has 0 radical (unpaired) electrons. The maximum Gasteiger partial charge on any atom is 0.107 e. The smallest absolute Gasteiger partial charge is 0.107 e. The average molecular weight is 292 g/mol. The van der Waals surface area contributed by atoms with E-state index in [1.807, 2.05) is 13.8 Å². The summed E-state index contributed by atoms with van der Waals surface area (Å²) in [5.74, 6) is 1.97. The zero-order valence-corrected chi connectivity index (χ0v) is 14.0. The highest BCUT2D eigenvalue weighted by Crippen LogP contribution is 2.25. The number of aryl methyl sites for hydroxylation is 2. The second kappa shape index (κ2) is 5.70. The molecule has 2 rings (SSSR count). The minimum Gasteiger partial charge on any atom is -0.466 e. The molecule has 1 atom stereocenters. The Kier molecular flexibility index (Phi) is 4.35. The van der Waals surface area contributed by atoms with E-state index in [2.05, 4.69) is 44.5 Å². The van der Waals surface area contributed by atoms with E-state index in [1.165, 1.54) is 11.3 Å². The van der Waals surface area contributed by atoms with E-state index in [0.29, 0.717) is 0 Å². The van der Waals surface area contributed by atoms with Gasteiger partial charge in [-0.3, -0.25) is 0 Å². The van der Waals surface area contributed by atoms with Crippen molar-refractivity contribution in [1.29, 1.82) is 0 Å². The summed E-state index contributed by atoms with van der Waals surface area (Å²) >= 11 is 1.73. The summed E-state index contributed by atoms with van der Waals surface area (Å²) < 4.78 is 5.58. The highest BCUT2D eigenvalue weighted by atomic mass is 32.1. The van der Waals surface area contributed by atoms with Crippen LogP contribution in [-0.2, 0) is 12.0 Å². The predicted octanol–water partition coefficient (Wildman–Crippen LogP) is 4.50. The second-order valence-electron chi connectivity index (χ2n) is 6.35. The Balaban J connectivity index is 1.98. The van der Waals surface area contributed by atoms with Gasteiger partial charge in [0, 0.05) is 28.9 Å². The van der Waals surface area contributed by atoms with Gasteiger partial charge in [0.15, 0.2) is 0 Å². The van der Waals surface area contributed by atoms with E-state index >= 15 is 0 Å². The van der Waals surface area contributed by atoms with Gasteiger partial charge in [-0.25, -0.2) is 4.98 Å². The SMILES string of the molecule is Cc1cc(C(C)NCc2nc(C(C)(C)C)cs2)c(C)o1. The third-order valence-electron chi connectivity index (χ3n) is 3.43. The summed E-state index contributed by atoms with van der Waals surface area (Å²) in [6.45, 7) is 13.5. The van der Waals surface area contributed by atoms with Gasteiger partial charge < -0.3 is 9.73 Å². The lowest BCUT2D eigenvalue weighted by atomic mass is 9.93. The molecule has 0 aliphatic heterocycles. The lowest BCUT2D eigenvalue weighted by Crippen LogP contribution is -2.18. The molecule has 0 saturated carbocycles. The zero-order chi connectivity index (χ0) is 14.9. The maximum absolute atomic E-state index is 5.58. The summed E-state index contributed by atoms with van der Waals surface area (Å²) in [5, 5.41) is 6.82. The van der Waals surface area contributed by atoms with Gasteiger partial charge in [-0.05, 0) is 26.8 Å². The minimum absolute atomic E-state index is 0.124. The highest BCUT2D eigenvalue weighted by Gasteiger charge is 2.18. The van der Waals surface area contributed by atoms with Gasteiger partial charge in [-0.1, -0.05) is 20.8 Å². The van der Waals surface area contributed by atoms with Gasteiger partial charge in [0.05, 0.1) is 5.69 Å². The van der Waals surface area contributed by atoms with E-state index in [-0.39, 0.29) is 11.5 Å². The molecule has 3 nitrogen and oxygen atoms in total. The molecule has 0 fully saturated rings. The number of nitrogens with one attached hydrogen (secondary N) is 1. The number of nitrogens with zero attached hydrogens (tertiary/aromatic N) is 1. The number of furan rings is 1. The third kappa shape index (κ3) is 3.49. The van der Waals surface area contributed by atoms with E-state index in [4.69, 9.17) is 9.40 Å². The van der Waals surface area contributed by atoms with Crippen LogP contribution in [0.15, 0.2) is 15.9 Å². The van der Waals surface area contributed by atoms with Crippen molar-refractivity contribution in [2.45, 2.75) is 59.5 Å². The van der Waals surface area contributed by atoms with Crippen molar-refractivity contribution in [3.05, 3.63) is 39.2 Å². The maximum atomic E-state index is 5.58. The van der Waals surface area contributed by atoms with Gasteiger partial charge in [0.25, 0.3) is 0 Å². The van der Waals surface area contributed by atoms with Crippen LogP contribution in [0.1, 0.15) is 61.5 Å². The molecule has 0 amide bonds. The van der Waals surface area contributed by atoms with Crippen LogP contribution in [0.3, 0.4) is 0 Å². The molecule has 0 spiro atoms. The molecule has 0 saturated heterocycles. The molecule has 0 aromatic carbocycles. The van der Waals surface area contributed by atoms with E-state index in [9.17, 15) is 0 Å². The number of hydrogen-bond donors (Lipinski definition) is 1. The van der Waals surface area contributed by atoms with Crippen LogP contribution in [0.5, 0.6) is 0 Å². The van der Waals surface area contributed by atoms with Crippen LogP contribution >= 0.6 is 11.3 Å². The summed E-state index contributed by atoms with van der Waals surface area (Å²) in [5.41, 5.74) is 2.52. The molecule has 1 N–H and O–H groups in total. The molecule has 110 valence electrons. The number of rotatable bonds is 4. The fraction of sp³-hybridized carbons (Fsp3) is 0.562. The lowest BCUT2D eigenvalue weighted by Gasteiger charge is -2.14. The molecule has 4 heteroatoms. The first-order chi connectivity index (χ1) is 9.27. The van der Waals surface area contributed by atoms with Gasteiger partial charge in [-0.15, -0.1) is 11.3 Å². The predicted molar refractivity (Wildman–Crippen MR) is 84.3 cm³/mol. The Labute approximate surface area is 125 Å². The fourth-order valence-corrected chi connectivity index (χ4v) is 3.14. The van der Waals surface area contributed by atoms with Gasteiger partial charge in [0.2, 0.25) is 0 Å². The van der Waals surface area contributed by atoms with E-state index in [1.54, 1.807) is 11.3 Å². The zero-order valence-electron chi connectivity index (χ0n) is 13.2. The van der Waals surface area contributed by atoms with Crippen molar-refractivity contribution in [3.63, 3.8) is 0 Å². The van der Waals surface area contributed by atoms with Crippen LogP contribution in [0.4, 0.5) is 0 Å². The van der Waals surface area contributed by atoms with E-state index < -0.39 is 0 Å². The third-order valence-corrected chi connectivity index (χ3v) is 4.27. The summed E-state index contributed by atoms with van der Waals surface area (Å²) in [7, 11) is 0. The summed E-state index contributed by atoms with van der Waals surface area (Å²) in [4.78, 5) is 4.71. The van der Waals surface area contributed by atoms with Crippen molar-refractivity contribution in [2.24, 2.45) is 0 Å². The molecular weight excluding hydrogens is 268 g/mol. The standard InChI is InChI=1S/C16H24N2OS/c1-10-7-13(12(3)19-10)11(2)17-8-15-18-14(9-20-15)16(4,5)6/h7,9,11,17H,8H2,1-6H3. The van der Waals surface area contributed by atoms with Gasteiger partial charge in [-0.2, -0.15) is 0 Å². The Morgan fingerprint density at radius 3 is 2.55 bits per heavy atom. The molecule has 2 aromatic rings. The van der Waals surface area contributed by atoms with Crippen molar-refractivity contribution in [1.82, 2.24) is 10.3 Å². The summed E-state index contributed by atoms with van der Waals surface area (Å²) in [6, 6.07) is 2.38. The first kappa shape index (κ1) is 15.3. The Morgan fingerprint density at radius 1 is 1.35 bits per heavy atom. The largest absolute Gasteiger partial charge is 0.466 e. The van der Waals surface area contributed by atoms with Crippen molar-refractivity contribution in [3.8, 4) is 0 Å². The van der Waals surface area contributed by atoms with Crippen LogP contribution in [-0.4, -0.2) is 4.98 Å². The van der Waals surface area contributed by atoms with Crippen LogP contribution in [0.2, 0.25) is 0 Å². The van der Waals surface area contributed by atoms with Crippen molar-refractivity contribution < 1.29 is 4.42 Å². The van der Waals surface area contributed by atoms with Crippen molar-refractivity contribution >= 4 is 11.3 Å². The molecule has 2 heterocycles. The lowest BCUT2D eigenvalue weighted by molar-refractivity contribution is 0.489. The van der Waals surface area contributed by atoms with Gasteiger partial charge >= 0.3 is 0 Å².